The first-order chi connectivity index (χ1) is 12.5. The number of benzene rings is 2. The second kappa shape index (κ2) is 6.75. The van der Waals surface area contributed by atoms with Gasteiger partial charge >= 0.3 is 12.4 Å². The molecule has 1 heterocycles. The van der Waals surface area contributed by atoms with Gasteiger partial charge in [0.25, 0.3) is 0 Å². The molecule has 0 aliphatic rings. The molecular formula is C19H13F6NO. The van der Waals surface area contributed by atoms with E-state index in [1.54, 1.807) is 37.3 Å². The van der Waals surface area contributed by atoms with E-state index in [-0.39, 0.29) is 17.4 Å². The number of halogens is 6. The van der Waals surface area contributed by atoms with Crippen molar-refractivity contribution in [3.05, 3.63) is 70.9 Å². The monoisotopic (exact) mass is 385 g/mol. The van der Waals surface area contributed by atoms with Crippen molar-refractivity contribution in [2.75, 3.05) is 0 Å². The van der Waals surface area contributed by atoms with Gasteiger partial charge in [-0.05, 0) is 42.8 Å². The maximum absolute atomic E-state index is 12.9. The molecule has 0 amide bonds. The first kappa shape index (κ1) is 19.0. The average Bonchev–Trinajstić information content (AvgIpc) is 2.58. The highest BCUT2D eigenvalue weighted by Crippen LogP contribution is 2.36. The molecule has 0 aliphatic heterocycles. The Morgan fingerprint density at radius 2 is 1.48 bits per heavy atom. The van der Waals surface area contributed by atoms with E-state index < -0.39 is 30.1 Å². The standard InChI is InChI=1S/C19H13F6NO/c1-11-5-6-13-3-2-4-16(17(13)26-11)27-10-12-7-14(18(20,21)22)9-15(8-12)19(23,24)25/h2-9H,10H2,1H3. The van der Waals surface area contributed by atoms with Crippen LogP contribution in [-0.4, -0.2) is 4.98 Å². The molecule has 1 aromatic heterocycles. The lowest BCUT2D eigenvalue weighted by molar-refractivity contribution is -0.143. The van der Waals surface area contributed by atoms with Crippen LogP contribution in [0.15, 0.2) is 48.5 Å². The average molecular weight is 385 g/mol. The Kier molecular flexibility index (Phi) is 4.75. The number of alkyl halides is 6. The minimum Gasteiger partial charge on any atom is -0.487 e. The summed E-state index contributed by atoms with van der Waals surface area (Å²) in [4.78, 5) is 4.32. The fraction of sp³-hybridized carbons (Fsp3) is 0.211. The molecule has 0 saturated heterocycles. The molecule has 2 aromatic carbocycles. The topological polar surface area (TPSA) is 22.1 Å². The first-order valence-corrected chi connectivity index (χ1v) is 7.81. The van der Waals surface area contributed by atoms with Gasteiger partial charge in [0.05, 0.1) is 11.1 Å². The van der Waals surface area contributed by atoms with E-state index in [1.165, 1.54) is 0 Å². The molecule has 142 valence electrons. The quantitative estimate of drug-likeness (QED) is 0.504. The van der Waals surface area contributed by atoms with Crippen molar-refractivity contribution < 1.29 is 31.1 Å². The van der Waals surface area contributed by atoms with Crippen LogP contribution in [-0.2, 0) is 19.0 Å². The van der Waals surface area contributed by atoms with Crippen molar-refractivity contribution in [3.8, 4) is 5.75 Å². The molecule has 0 spiro atoms. The Morgan fingerprint density at radius 3 is 2.07 bits per heavy atom. The van der Waals surface area contributed by atoms with Gasteiger partial charge in [0.1, 0.15) is 17.9 Å². The summed E-state index contributed by atoms with van der Waals surface area (Å²) in [6.07, 6.45) is -9.79. The third-order valence-corrected chi connectivity index (χ3v) is 3.86. The predicted octanol–water partition coefficient (Wildman–Crippen LogP) is 6.16. The molecule has 8 heteroatoms. The van der Waals surface area contributed by atoms with Crippen molar-refractivity contribution in [1.82, 2.24) is 4.98 Å². The molecule has 27 heavy (non-hydrogen) atoms. The van der Waals surface area contributed by atoms with Crippen molar-refractivity contribution >= 4 is 10.9 Å². The number of pyridine rings is 1. The Balaban J connectivity index is 1.95. The van der Waals surface area contributed by atoms with E-state index in [4.69, 9.17) is 4.74 Å². The molecule has 3 aromatic rings. The van der Waals surface area contributed by atoms with E-state index in [0.29, 0.717) is 23.3 Å². The first-order valence-electron chi connectivity index (χ1n) is 7.81. The fourth-order valence-corrected chi connectivity index (χ4v) is 2.60. The van der Waals surface area contributed by atoms with Crippen LogP contribution in [0.4, 0.5) is 26.3 Å². The van der Waals surface area contributed by atoms with Gasteiger partial charge in [-0.25, -0.2) is 4.98 Å². The predicted molar refractivity (Wildman–Crippen MR) is 87.3 cm³/mol. The molecule has 0 aliphatic carbocycles. The van der Waals surface area contributed by atoms with Crippen LogP contribution < -0.4 is 4.74 Å². The van der Waals surface area contributed by atoms with Gasteiger partial charge in [-0.15, -0.1) is 0 Å². The Morgan fingerprint density at radius 1 is 0.852 bits per heavy atom. The van der Waals surface area contributed by atoms with Crippen LogP contribution >= 0.6 is 0 Å². The summed E-state index contributed by atoms with van der Waals surface area (Å²) in [5, 5.41) is 0.748. The number of fused-ring (bicyclic) bond motifs is 1. The third kappa shape index (κ3) is 4.32. The molecule has 0 atom stereocenters. The van der Waals surface area contributed by atoms with Crippen molar-refractivity contribution in [1.29, 1.82) is 0 Å². The fourth-order valence-electron chi connectivity index (χ4n) is 2.60. The van der Waals surface area contributed by atoms with E-state index >= 15 is 0 Å². The SMILES string of the molecule is Cc1ccc2cccc(OCc3cc(C(F)(F)F)cc(C(F)(F)F)c3)c2n1. The number of nitrogens with zero attached hydrogens (tertiary/aromatic N) is 1. The smallest absolute Gasteiger partial charge is 0.416 e. The van der Waals surface area contributed by atoms with Crippen molar-refractivity contribution in [3.63, 3.8) is 0 Å². The summed E-state index contributed by atoms with van der Waals surface area (Å²) in [7, 11) is 0. The molecular weight excluding hydrogens is 372 g/mol. The van der Waals surface area contributed by atoms with Gasteiger partial charge < -0.3 is 4.74 Å². The van der Waals surface area contributed by atoms with Crippen LogP contribution in [0.3, 0.4) is 0 Å². The lowest BCUT2D eigenvalue weighted by Gasteiger charge is -2.15. The molecule has 0 bridgehead atoms. The summed E-state index contributed by atoms with van der Waals surface area (Å²) < 4.78 is 83.1. The molecule has 3 rings (SSSR count). The number of rotatable bonds is 3. The largest absolute Gasteiger partial charge is 0.487 e. The van der Waals surface area contributed by atoms with Gasteiger partial charge in [0.15, 0.2) is 0 Å². The van der Waals surface area contributed by atoms with Gasteiger partial charge in [0.2, 0.25) is 0 Å². The summed E-state index contributed by atoms with van der Waals surface area (Å²) in [6.45, 7) is 1.31. The minimum absolute atomic E-state index is 0.0896. The maximum atomic E-state index is 12.9. The Bertz CT molecular complexity index is 946. The lowest BCUT2D eigenvalue weighted by atomic mass is 10.1. The van der Waals surface area contributed by atoms with Crippen molar-refractivity contribution in [2.24, 2.45) is 0 Å². The van der Waals surface area contributed by atoms with E-state index in [0.717, 1.165) is 5.39 Å². The number of hydrogen-bond donors (Lipinski definition) is 0. The maximum Gasteiger partial charge on any atom is 0.416 e. The highest BCUT2D eigenvalue weighted by molar-refractivity contribution is 5.84. The van der Waals surface area contributed by atoms with Crippen molar-refractivity contribution in [2.45, 2.75) is 25.9 Å². The zero-order chi connectivity index (χ0) is 19.8. The van der Waals surface area contributed by atoms with E-state index in [9.17, 15) is 26.3 Å². The summed E-state index contributed by atoms with van der Waals surface area (Å²) >= 11 is 0. The van der Waals surface area contributed by atoms with Gasteiger partial charge in [-0.1, -0.05) is 18.2 Å². The third-order valence-electron chi connectivity index (χ3n) is 3.86. The molecule has 0 unspecified atom stereocenters. The lowest BCUT2D eigenvalue weighted by Crippen LogP contribution is -2.12. The molecule has 0 saturated carbocycles. The highest BCUT2D eigenvalue weighted by Gasteiger charge is 2.36. The number of hydrogen-bond acceptors (Lipinski definition) is 2. The normalized spacial score (nSPS) is 12.4. The molecule has 0 N–H and O–H groups in total. The number of aromatic nitrogens is 1. The summed E-state index contributed by atoms with van der Waals surface area (Å²) in [6, 6.07) is 9.99. The highest BCUT2D eigenvalue weighted by atomic mass is 19.4. The number of ether oxygens (including phenoxy) is 1. The van der Waals surface area contributed by atoms with Crippen LogP contribution in [0.25, 0.3) is 10.9 Å². The second-order valence-electron chi connectivity index (χ2n) is 5.98. The minimum atomic E-state index is -4.89. The summed E-state index contributed by atoms with van der Waals surface area (Å²) in [5.41, 5.74) is -1.79. The molecule has 0 fully saturated rings. The van der Waals surface area contributed by atoms with E-state index in [1.807, 2.05) is 0 Å². The van der Waals surface area contributed by atoms with Crippen LogP contribution in [0.2, 0.25) is 0 Å². The van der Waals surface area contributed by atoms with Crippen LogP contribution in [0.1, 0.15) is 22.4 Å². The Hall–Kier alpha value is -2.77. The molecule has 0 radical (unpaired) electrons. The Labute approximate surface area is 150 Å². The molecule has 2 nitrogen and oxygen atoms in total. The van der Waals surface area contributed by atoms with Gasteiger partial charge in [0, 0.05) is 11.1 Å². The number of para-hydroxylation sites is 1. The van der Waals surface area contributed by atoms with Crippen LogP contribution in [0.5, 0.6) is 5.75 Å². The van der Waals surface area contributed by atoms with Gasteiger partial charge in [-0.2, -0.15) is 26.3 Å². The van der Waals surface area contributed by atoms with Gasteiger partial charge in [-0.3, -0.25) is 0 Å². The summed E-state index contributed by atoms with van der Waals surface area (Å²) in [5.74, 6) is 0.280. The zero-order valence-electron chi connectivity index (χ0n) is 13.9. The van der Waals surface area contributed by atoms with E-state index in [2.05, 4.69) is 4.98 Å². The van der Waals surface area contributed by atoms with Crippen LogP contribution in [0, 0.1) is 6.92 Å². The zero-order valence-corrected chi connectivity index (χ0v) is 13.9. The second-order valence-corrected chi connectivity index (χ2v) is 5.98. The number of aryl methyl sites for hydroxylation is 1.